The molecule has 21 heavy (non-hydrogen) atoms. The highest BCUT2D eigenvalue weighted by molar-refractivity contribution is 5.78. The lowest BCUT2D eigenvalue weighted by atomic mass is 9.89. The topological polar surface area (TPSA) is 47.6 Å². The van der Waals surface area contributed by atoms with Gasteiger partial charge in [0.05, 0.1) is 31.8 Å². The first-order valence-corrected chi connectivity index (χ1v) is 7.48. The lowest BCUT2D eigenvalue weighted by Crippen LogP contribution is -2.49. The van der Waals surface area contributed by atoms with Crippen molar-refractivity contribution in [3.05, 3.63) is 35.6 Å². The average Bonchev–Trinajstić information content (AvgIpc) is 2.49. The summed E-state index contributed by atoms with van der Waals surface area (Å²) in [6.07, 6.45) is 3.21. The highest BCUT2D eigenvalue weighted by Crippen LogP contribution is 2.26. The van der Waals surface area contributed by atoms with Crippen LogP contribution in [0.2, 0.25) is 0 Å². The van der Waals surface area contributed by atoms with Crippen LogP contribution < -0.4 is 5.32 Å². The number of fused-ring (bicyclic) bond motifs is 1. The third-order valence-corrected chi connectivity index (χ3v) is 4.12. The zero-order valence-corrected chi connectivity index (χ0v) is 11.9. The standard InChI is InChI=1S/C16H20FNO3/c17-12-3-1-11(2-4-12)9-16(19)18-13-5-6-14-15(10-13)21-8-7-20-14/h1-4,13-15H,5-10H2,(H,18,19). The number of nitrogens with one attached hydrogen (secondary N) is 1. The monoisotopic (exact) mass is 293 g/mol. The number of hydrogen-bond acceptors (Lipinski definition) is 3. The quantitative estimate of drug-likeness (QED) is 0.925. The fraction of sp³-hybridized carbons (Fsp3) is 0.562. The second kappa shape index (κ2) is 6.54. The lowest BCUT2D eigenvalue weighted by molar-refractivity contribution is -0.158. The molecule has 1 saturated heterocycles. The van der Waals surface area contributed by atoms with Crippen molar-refractivity contribution in [3.8, 4) is 0 Å². The number of rotatable bonds is 3. The predicted molar refractivity (Wildman–Crippen MR) is 75.4 cm³/mol. The van der Waals surface area contributed by atoms with Gasteiger partial charge in [-0.25, -0.2) is 4.39 Å². The molecule has 0 bridgehead atoms. The van der Waals surface area contributed by atoms with Gasteiger partial charge in [0.2, 0.25) is 5.91 Å². The minimum absolute atomic E-state index is 0.0261. The molecule has 1 aliphatic carbocycles. The molecule has 1 N–H and O–H groups in total. The first-order valence-electron chi connectivity index (χ1n) is 7.48. The molecule has 0 aromatic heterocycles. The first kappa shape index (κ1) is 14.5. The highest BCUT2D eigenvalue weighted by atomic mass is 19.1. The zero-order valence-electron chi connectivity index (χ0n) is 11.9. The maximum Gasteiger partial charge on any atom is 0.224 e. The van der Waals surface area contributed by atoms with Crippen LogP contribution in [-0.4, -0.2) is 37.4 Å². The van der Waals surface area contributed by atoms with Crippen molar-refractivity contribution in [1.82, 2.24) is 5.32 Å². The number of amides is 1. The van der Waals surface area contributed by atoms with Crippen molar-refractivity contribution in [3.63, 3.8) is 0 Å². The first-order chi connectivity index (χ1) is 10.2. The van der Waals surface area contributed by atoms with Gasteiger partial charge in [0.1, 0.15) is 5.82 Å². The van der Waals surface area contributed by atoms with E-state index < -0.39 is 0 Å². The van der Waals surface area contributed by atoms with Crippen molar-refractivity contribution < 1.29 is 18.7 Å². The molecule has 2 fully saturated rings. The van der Waals surface area contributed by atoms with E-state index in [0.29, 0.717) is 13.2 Å². The van der Waals surface area contributed by atoms with Gasteiger partial charge in [0.15, 0.2) is 0 Å². The molecule has 0 radical (unpaired) electrons. The van der Waals surface area contributed by atoms with Gasteiger partial charge in [-0.3, -0.25) is 4.79 Å². The summed E-state index contributed by atoms with van der Waals surface area (Å²) in [7, 11) is 0. The van der Waals surface area contributed by atoms with E-state index in [1.807, 2.05) is 0 Å². The molecule has 0 spiro atoms. The van der Waals surface area contributed by atoms with E-state index in [-0.39, 0.29) is 36.4 Å². The number of carbonyl (C=O) groups excluding carboxylic acids is 1. The van der Waals surface area contributed by atoms with E-state index in [1.165, 1.54) is 12.1 Å². The van der Waals surface area contributed by atoms with Gasteiger partial charge in [-0.2, -0.15) is 0 Å². The van der Waals surface area contributed by atoms with Crippen LogP contribution in [0.15, 0.2) is 24.3 Å². The number of benzene rings is 1. The molecule has 3 atom stereocenters. The molecule has 4 nitrogen and oxygen atoms in total. The van der Waals surface area contributed by atoms with E-state index in [2.05, 4.69) is 5.32 Å². The molecular formula is C16H20FNO3. The maximum atomic E-state index is 12.8. The average molecular weight is 293 g/mol. The van der Waals surface area contributed by atoms with E-state index in [9.17, 15) is 9.18 Å². The Morgan fingerprint density at radius 2 is 1.86 bits per heavy atom. The van der Waals surface area contributed by atoms with Gasteiger partial charge in [0.25, 0.3) is 0 Å². The van der Waals surface area contributed by atoms with Crippen LogP contribution in [-0.2, 0) is 20.7 Å². The molecule has 1 saturated carbocycles. The summed E-state index contributed by atoms with van der Waals surface area (Å²) in [6, 6.07) is 6.18. The minimum atomic E-state index is -0.285. The smallest absolute Gasteiger partial charge is 0.224 e. The van der Waals surface area contributed by atoms with Gasteiger partial charge in [0, 0.05) is 6.04 Å². The number of hydrogen-bond donors (Lipinski definition) is 1. The van der Waals surface area contributed by atoms with Crippen molar-refractivity contribution in [2.45, 2.75) is 43.9 Å². The summed E-state index contributed by atoms with van der Waals surface area (Å²) >= 11 is 0. The second-order valence-electron chi connectivity index (χ2n) is 5.70. The summed E-state index contributed by atoms with van der Waals surface area (Å²) in [5.74, 6) is -0.311. The van der Waals surface area contributed by atoms with Crippen LogP contribution in [0, 0.1) is 5.82 Å². The fourth-order valence-corrected chi connectivity index (χ4v) is 3.06. The summed E-state index contributed by atoms with van der Waals surface area (Å²) < 4.78 is 24.2. The molecule has 1 aliphatic heterocycles. The summed E-state index contributed by atoms with van der Waals surface area (Å²) in [6.45, 7) is 1.31. The van der Waals surface area contributed by atoms with Crippen molar-refractivity contribution >= 4 is 5.91 Å². The van der Waals surface area contributed by atoms with Crippen LogP contribution in [0.4, 0.5) is 4.39 Å². The minimum Gasteiger partial charge on any atom is -0.373 e. The third kappa shape index (κ3) is 3.80. The molecule has 114 valence electrons. The van der Waals surface area contributed by atoms with Gasteiger partial charge < -0.3 is 14.8 Å². The van der Waals surface area contributed by atoms with Gasteiger partial charge in [-0.15, -0.1) is 0 Å². The molecule has 5 heteroatoms. The Bertz CT molecular complexity index is 491. The van der Waals surface area contributed by atoms with E-state index >= 15 is 0 Å². The van der Waals surface area contributed by atoms with Crippen LogP contribution >= 0.6 is 0 Å². The molecule has 2 aliphatic rings. The van der Waals surface area contributed by atoms with Crippen LogP contribution in [0.1, 0.15) is 24.8 Å². The van der Waals surface area contributed by atoms with Gasteiger partial charge in [-0.05, 0) is 37.0 Å². The largest absolute Gasteiger partial charge is 0.373 e. The number of halogens is 1. The SMILES string of the molecule is O=C(Cc1ccc(F)cc1)NC1CCC2OCCOC2C1. The highest BCUT2D eigenvalue weighted by Gasteiger charge is 2.34. The molecule has 1 aromatic rings. The van der Waals surface area contributed by atoms with Crippen molar-refractivity contribution in [2.75, 3.05) is 13.2 Å². The number of ether oxygens (including phenoxy) is 2. The van der Waals surface area contributed by atoms with Gasteiger partial charge in [-0.1, -0.05) is 12.1 Å². The van der Waals surface area contributed by atoms with Crippen LogP contribution in [0.25, 0.3) is 0 Å². The van der Waals surface area contributed by atoms with Crippen molar-refractivity contribution in [1.29, 1.82) is 0 Å². The van der Waals surface area contributed by atoms with Crippen molar-refractivity contribution in [2.24, 2.45) is 0 Å². The normalized spacial score (nSPS) is 28.7. The fourth-order valence-electron chi connectivity index (χ4n) is 3.06. The molecule has 3 rings (SSSR count). The van der Waals surface area contributed by atoms with E-state index in [0.717, 1.165) is 24.8 Å². The summed E-state index contributed by atoms with van der Waals surface area (Å²) in [5, 5.41) is 3.05. The van der Waals surface area contributed by atoms with Gasteiger partial charge >= 0.3 is 0 Å². The maximum absolute atomic E-state index is 12.8. The second-order valence-corrected chi connectivity index (χ2v) is 5.70. The molecule has 1 heterocycles. The third-order valence-electron chi connectivity index (χ3n) is 4.12. The summed E-state index contributed by atoms with van der Waals surface area (Å²) in [5.41, 5.74) is 0.819. The van der Waals surface area contributed by atoms with Crippen LogP contribution in [0.5, 0.6) is 0 Å². The summed E-state index contributed by atoms with van der Waals surface area (Å²) in [4.78, 5) is 12.0. The number of carbonyl (C=O) groups is 1. The Hall–Kier alpha value is -1.46. The Labute approximate surface area is 123 Å². The predicted octanol–water partition coefficient (Wildman–Crippen LogP) is 1.82. The Morgan fingerprint density at radius 1 is 1.14 bits per heavy atom. The zero-order chi connectivity index (χ0) is 14.7. The molecule has 3 unspecified atom stereocenters. The van der Waals surface area contributed by atoms with E-state index in [4.69, 9.17) is 9.47 Å². The van der Waals surface area contributed by atoms with Crippen LogP contribution in [0.3, 0.4) is 0 Å². The Morgan fingerprint density at radius 3 is 2.62 bits per heavy atom. The molecule has 1 aromatic carbocycles. The Balaban J connectivity index is 1.49. The van der Waals surface area contributed by atoms with E-state index in [1.54, 1.807) is 12.1 Å². The molecular weight excluding hydrogens is 273 g/mol. The molecule has 1 amide bonds. The lowest BCUT2D eigenvalue weighted by Gasteiger charge is -2.39. The Kier molecular flexibility index (Phi) is 4.51.